The van der Waals surface area contributed by atoms with Crippen LogP contribution in [0.15, 0.2) is 9.98 Å². The Morgan fingerprint density at radius 3 is 2.85 bits per heavy atom. The van der Waals surface area contributed by atoms with E-state index in [-0.39, 0.29) is 12.3 Å². The standard InChI is InChI=1S/C8H10N3OS/c12-7-5-9-6-10-8(7)11-1-3-13-4-2-11/h1-5H2. The van der Waals surface area contributed by atoms with Gasteiger partial charge in [-0.2, -0.15) is 11.8 Å². The lowest BCUT2D eigenvalue weighted by atomic mass is 10.3. The van der Waals surface area contributed by atoms with E-state index >= 15 is 0 Å². The molecule has 0 N–H and O–H groups in total. The van der Waals surface area contributed by atoms with Gasteiger partial charge < -0.3 is 4.90 Å². The fourth-order valence-corrected chi connectivity index (χ4v) is 2.25. The van der Waals surface area contributed by atoms with Crippen molar-refractivity contribution in [3.05, 3.63) is 0 Å². The molecule has 0 aromatic heterocycles. The van der Waals surface area contributed by atoms with Gasteiger partial charge in [0.05, 0.1) is 0 Å². The normalized spacial score (nSPS) is 23.2. The van der Waals surface area contributed by atoms with E-state index in [1.807, 2.05) is 16.7 Å². The van der Waals surface area contributed by atoms with Crippen molar-refractivity contribution in [1.29, 1.82) is 0 Å². The van der Waals surface area contributed by atoms with Crippen LogP contribution >= 0.6 is 11.8 Å². The zero-order chi connectivity index (χ0) is 9.10. The zero-order valence-corrected chi connectivity index (χ0v) is 8.01. The molecule has 0 bridgehead atoms. The Hall–Kier alpha value is -0.840. The first kappa shape index (κ1) is 8.74. The van der Waals surface area contributed by atoms with Crippen LogP contribution in [0.1, 0.15) is 0 Å². The summed E-state index contributed by atoms with van der Waals surface area (Å²) in [4.78, 5) is 21.0. The van der Waals surface area contributed by atoms with E-state index in [4.69, 9.17) is 0 Å². The van der Waals surface area contributed by atoms with Crippen LogP contribution in [0.3, 0.4) is 0 Å². The van der Waals surface area contributed by atoms with Gasteiger partial charge in [0.15, 0.2) is 12.2 Å². The van der Waals surface area contributed by atoms with Crippen LogP contribution in [0, 0.1) is 0 Å². The summed E-state index contributed by atoms with van der Waals surface area (Å²) in [5.41, 5.74) is 0. The Kier molecular flexibility index (Phi) is 2.63. The maximum atomic E-state index is 11.4. The molecule has 1 radical (unpaired) electrons. The topological polar surface area (TPSA) is 45.0 Å². The third-order valence-corrected chi connectivity index (χ3v) is 2.95. The monoisotopic (exact) mass is 196 g/mol. The molecule has 0 atom stereocenters. The van der Waals surface area contributed by atoms with Gasteiger partial charge in [0.25, 0.3) is 0 Å². The second-order valence-corrected chi connectivity index (χ2v) is 4.10. The number of hydrogen-bond acceptors (Lipinski definition) is 5. The van der Waals surface area contributed by atoms with Crippen LogP contribution < -0.4 is 0 Å². The number of carbonyl (C=O) groups is 1. The molecule has 0 spiro atoms. The van der Waals surface area contributed by atoms with E-state index < -0.39 is 0 Å². The SMILES string of the molecule is O=C1CN=[C]N=C1N1CCSCC1. The van der Waals surface area contributed by atoms with Gasteiger partial charge in [-0.05, 0) is 0 Å². The van der Waals surface area contributed by atoms with Crippen molar-refractivity contribution >= 4 is 29.7 Å². The lowest BCUT2D eigenvalue weighted by Gasteiger charge is -2.28. The van der Waals surface area contributed by atoms with E-state index in [9.17, 15) is 4.79 Å². The molecule has 2 rings (SSSR count). The molecule has 0 unspecified atom stereocenters. The number of ketones is 1. The van der Waals surface area contributed by atoms with E-state index in [1.165, 1.54) is 0 Å². The first-order valence-electron chi connectivity index (χ1n) is 4.23. The molecule has 0 aromatic rings. The number of nitrogens with zero attached hydrogens (tertiary/aromatic N) is 3. The van der Waals surface area contributed by atoms with Crippen molar-refractivity contribution in [2.24, 2.45) is 9.98 Å². The predicted molar refractivity (Wildman–Crippen MR) is 53.6 cm³/mol. The minimum Gasteiger partial charge on any atom is -0.352 e. The summed E-state index contributed by atoms with van der Waals surface area (Å²) in [6.07, 6.45) is 2.51. The first-order valence-corrected chi connectivity index (χ1v) is 5.38. The lowest BCUT2D eigenvalue weighted by Crippen LogP contribution is -2.43. The quantitative estimate of drug-likeness (QED) is 0.544. The smallest absolute Gasteiger partial charge is 0.219 e. The minimum atomic E-state index is 0.0191. The van der Waals surface area contributed by atoms with Crippen molar-refractivity contribution in [3.8, 4) is 0 Å². The minimum absolute atomic E-state index is 0.0191. The average molecular weight is 196 g/mol. The van der Waals surface area contributed by atoms with Crippen LogP contribution in [0.25, 0.3) is 0 Å². The molecule has 2 heterocycles. The molecule has 0 aliphatic carbocycles. The highest BCUT2D eigenvalue weighted by atomic mass is 32.2. The van der Waals surface area contributed by atoms with Crippen LogP contribution in [0.4, 0.5) is 0 Å². The van der Waals surface area contributed by atoms with Crippen molar-refractivity contribution in [3.63, 3.8) is 0 Å². The van der Waals surface area contributed by atoms with Gasteiger partial charge >= 0.3 is 0 Å². The highest BCUT2D eigenvalue weighted by Gasteiger charge is 2.22. The molecule has 2 aliphatic rings. The lowest BCUT2D eigenvalue weighted by molar-refractivity contribution is -0.112. The summed E-state index contributed by atoms with van der Waals surface area (Å²) in [5.74, 6) is 2.72. The van der Waals surface area contributed by atoms with E-state index in [2.05, 4.69) is 16.3 Å². The number of carbonyl (C=O) groups excluding carboxylic acids is 1. The summed E-state index contributed by atoms with van der Waals surface area (Å²) in [6.45, 7) is 2.04. The molecule has 69 valence electrons. The highest BCUT2D eigenvalue weighted by molar-refractivity contribution is 7.99. The third kappa shape index (κ3) is 1.91. The summed E-state index contributed by atoms with van der Waals surface area (Å²) in [7, 11) is 0. The van der Waals surface area contributed by atoms with Gasteiger partial charge in [-0.1, -0.05) is 0 Å². The zero-order valence-electron chi connectivity index (χ0n) is 7.19. The van der Waals surface area contributed by atoms with E-state index in [0.29, 0.717) is 5.84 Å². The Morgan fingerprint density at radius 2 is 2.15 bits per heavy atom. The molecule has 5 heteroatoms. The maximum Gasteiger partial charge on any atom is 0.219 e. The molecular formula is C8H10N3OS. The second kappa shape index (κ2) is 3.91. The largest absolute Gasteiger partial charge is 0.352 e. The third-order valence-electron chi connectivity index (χ3n) is 2.01. The Labute approximate surface area is 81.1 Å². The van der Waals surface area contributed by atoms with Crippen molar-refractivity contribution in [2.45, 2.75) is 0 Å². The van der Waals surface area contributed by atoms with Crippen molar-refractivity contribution in [1.82, 2.24) is 4.90 Å². The summed E-state index contributed by atoms with van der Waals surface area (Å²) >= 11 is 1.91. The fraction of sp³-hybridized carbons (Fsp3) is 0.625. The molecule has 2 aliphatic heterocycles. The number of rotatable bonds is 0. The molecule has 0 saturated carbocycles. The van der Waals surface area contributed by atoms with Gasteiger partial charge in [-0.15, -0.1) is 0 Å². The van der Waals surface area contributed by atoms with Gasteiger partial charge in [0.1, 0.15) is 6.54 Å². The maximum absolute atomic E-state index is 11.4. The van der Waals surface area contributed by atoms with Crippen LogP contribution in [-0.2, 0) is 4.79 Å². The number of hydrogen-bond donors (Lipinski definition) is 0. The number of amidine groups is 1. The fourth-order valence-electron chi connectivity index (χ4n) is 1.35. The molecule has 1 saturated heterocycles. The van der Waals surface area contributed by atoms with Crippen molar-refractivity contribution in [2.75, 3.05) is 31.1 Å². The summed E-state index contributed by atoms with van der Waals surface area (Å²) in [6, 6.07) is 0. The van der Waals surface area contributed by atoms with Gasteiger partial charge in [0, 0.05) is 24.6 Å². The molecule has 13 heavy (non-hydrogen) atoms. The van der Waals surface area contributed by atoms with Crippen LogP contribution in [0.2, 0.25) is 0 Å². The molecule has 0 amide bonds. The van der Waals surface area contributed by atoms with E-state index in [1.54, 1.807) is 0 Å². The van der Waals surface area contributed by atoms with Crippen LogP contribution in [0.5, 0.6) is 0 Å². The van der Waals surface area contributed by atoms with Crippen LogP contribution in [-0.4, -0.2) is 54.0 Å². The molecule has 0 aromatic carbocycles. The predicted octanol–water partition coefficient (Wildman–Crippen LogP) is -0.0783. The Balaban J connectivity index is 2.09. The van der Waals surface area contributed by atoms with Gasteiger partial charge in [-0.25, -0.2) is 4.99 Å². The first-order chi connectivity index (χ1) is 6.38. The number of Topliss-reactive ketones (excluding diaryl/α,β-unsaturated/α-hetero) is 1. The van der Waals surface area contributed by atoms with Gasteiger partial charge in [-0.3, -0.25) is 9.79 Å². The summed E-state index contributed by atoms with van der Waals surface area (Å²) < 4.78 is 0. The number of thioether (sulfide) groups is 1. The summed E-state index contributed by atoms with van der Waals surface area (Å²) in [5, 5.41) is 0. The Bertz CT molecular complexity index is 269. The average Bonchev–Trinajstić information content (AvgIpc) is 2.20. The number of aliphatic imine (C=N–C) groups is 2. The Morgan fingerprint density at radius 1 is 1.38 bits per heavy atom. The molecular weight excluding hydrogens is 186 g/mol. The molecule has 4 nitrogen and oxygen atoms in total. The second-order valence-electron chi connectivity index (χ2n) is 2.87. The van der Waals surface area contributed by atoms with Crippen molar-refractivity contribution < 1.29 is 4.79 Å². The molecule has 1 fully saturated rings. The highest BCUT2D eigenvalue weighted by Crippen LogP contribution is 2.10. The van der Waals surface area contributed by atoms with Gasteiger partial charge in [0.2, 0.25) is 5.78 Å². The van der Waals surface area contributed by atoms with E-state index in [0.717, 1.165) is 24.6 Å².